The molecule has 2 aromatic carbocycles. The summed E-state index contributed by atoms with van der Waals surface area (Å²) < 4.78 is 19.3. The molecule has 1 unspecified atom stereocenters. The third-order valence-electron chi connectivity index (χ3n) is 2.50. The third kappa shape index (κ3) is 2.81. The molecule has 0 saturated carbocycles. The fraction of sp³-hybridized carbons (Fsp3) is 0.143. The Kier molecular flexibility index (Phi) is 3.84. The van der Waals surface area contributed by atoms with E-state index in [1.807, 2.05) is 0 Å². The van der Waals surface area contributed by atoms with E-state index >= 15 is 0 Å². The van der Waals surface area contributed by atoms with Crippen molar-refractivity contribution in [1.82, 2.24) is 0 Å². The predicted molar refractivity (Wildman–Crippen MR) is 70.5 cm³/mol. The van der Waals surface area contributed by atoms with Crippen molar-refractivity contribution in [3.63, 3.8) is 0 Å². The SMILES string of the molecule is CC(N)c1cccc(F)c1Oc1cccc(Cl)c1. The van der Waals surface area contributed by atoms with Gasteiger partial charge < -0.3 is 10.5 Å². The lowest BCUT2D eigenvalue weighted by atomic mass is 10.1. The molecule has 0 bridgehead atoms. The topological polar surface area (TPSA) is 35.2 Å². The van der Waals surface area contributed by atoms with E-state index in [-0.39, 0.29) is 11.8 Å². The Balaban J connectivity index is 2.39. The van der Waals surface area contributed by atoms with Crippen LogP contribution in [0.3, 0.4) is 0 Å². The van der Waals surface area contributed by atoms with Crippen LogP contribution >= 0.6 is 11.6 Å². The highest BCUT2D eigenvalue weighted by Crippen LogP contribution is 2.32. The summed E-state index contributed by atoms with van der Waals surface area (Å²) in [6.45, 7) is 1.78. The summed E-state index contributed by atoms with van der Waals surface area (Å²) in [6.07, 6.45) is 0. The zero-order chi connectivity index (χ0) is 13.1. The molecule has 0 aliphatic rings. The molecule has 0 aliphatic carbocycles. The Morgan fingerprint density at radius 3 is 2.61 bits per heavy atom. The van der Waals surface area contributed by atoms with Gasteiger partial charge in [-0.15, -0.1) is 0 Å². The Morgan fingerprint density at radius 1 is 1.22 bits per heavy atom. The van der Waals surface area contributed by atoms with Gasteiger partial charge in [0.1, 0.15) is 5.75 Å². The molecule has 0 aromatic heterocycles. The van der Waals surface area contributed by atoms with Crippen molar-refractivity contribution in [1.29, 1.82) is 0 Å². The van der Waals surface area contributed by atoms with Crippen molar-refractivity contribution in [2.45, 2.75) is 13.0 Å². The Bertz CT molecular complexity index is 557. The van der Waals surface area contributed by atoms with Crippen molar-refractivity contribution >= 4 is 11.6 Å². The van der Waals surface area contributed by atoms with Gasteiger partial charge in [-0.1, -0.05) is 29.8 Å². The third-order valence-corrected chi connectivity index (χ3v) is 2.74. The van der Waals surface area contributed by atoms with Crippen molar-refractivity contribution in [3.8, 4) is 11.5 Å². The van der Waals surface area contributed by atoms with Gasteiger partial charge in [-0.2, -0.15) is 0 Å². The molecule has 18 heavy (non-hydrogen) atoms. The number of hydrogen-bond donors (Lipinski definition) is 1. The van der Waals surface area contributed by atoms with Crippen LogP contribution in [-0.2, 0) is 0 Å². The Hall–Kier alpha value is -1.58. The second-order valence-corrected chi connectivity index (χ2v) is 4.44. The summed E-state index contributed by atoms with van der Waals surface area (Å²) in [6, 6.07) is 11.2. The van der Waals surface area contributed by atoms with E-state index < -0.39 is 5.82 Å². The van der Waals surface area contributed by atoms with Crippen LogP contribution in [0.5, 0.6) is 11.5 Å². The molecule has 2 rings (SSSR count). The van der Waals surface area contributed by atoms with Gasteiger partial charge in [-0.05, 0) is 31.2 Å². The van der Waals surface area contributed by atoms with E-state index in [4.69, 9.17) is 22.1 Å². The number of para-hydroxylation sites is 1. The average molecular weight is 266 g/mol. The molecule has 1 atom stereocenters. The van der Waals surface area contributed by atoms with Gasteiger partial charge in [0.25, 0.3) is 0 Å². The maximum atomic E-state index is 13.8. The van der Waals surface area contributed by atoms with E-state index in [1.54, 1.807) is 43.3 Å². The van der Waals surface area contributed by atoms with E-state index in [9.17, 15) is 4.39 Å². The smallest absolute Gasteiger partial charge is 0.167 e. The van der Waals surface area contributed by atoms with E-state index in [2.05, 4.69) is 0 Å². The van der Waals surface area contributed by atoms with Gasteiger partial charge >= 0.3 is 0 Å². The molecule has 0 spiro atoms. The number of hydrogen-bond acceptors (Lipinski definition) is 2. The molecule has 0 radical (unpaired) electrons. The predicted octanol–water partition coefficient (Wildman–Crippen LogP) is 4.29. The molecular formula is C14H13ClFNO. The molecule has 94 valence electrons. The highest BCUT2D eigenvalue weighted by molar-refractivity contribution is 6.30. The highest BCUT2D eigenvalue weighted by Gasteiger charge is 2.13. The molecule has 2 nitrogen and oxygen atoms in total. The lowest BCUT2D eigenvalue weighted by molar-refractivity contribution is 0.432. The van der Waals surface area contributed by atoms with Crippen LogP contribution in [0.4, 0.5) is 4.39 Å². The summed E-state index contributed by atoms with van der Waals surface area (Å²) >= 11 is 5.85. The number of rotatable bonds is 3. The summed E-state index contributed by atoms with van der Waals surface area (Å²) in [4.78, 5) is 0. The fourth-order valence-electron chi connectivity index (χ4n) is 1.64. The van der Waals surface area contributed by atoms with Gasteiger partial charge in [0.2, 0.25) is 0 Å². The van der Waals surface area contributed by atoms with Crippen LogP contribution in [0.25, 0.3) is 0 Å². The van der Waals surface area contributed by atoms with Crippen LogP contribution in [0.15, 0.2) is 42.5 Å². The standard InChI is InChI=1S/C14H13ClFNO/c1-9(17)12-6-3-7-13(16)14(12)18-11-5-2-4-10(15)8-11/h2-9H,17H2,1H3. The quantitative estimate of drug-likeness (QED) is 0.898. The molecular weight excluding hydrogens is 253 g/mol. The lowest BCUT2D eigenvalue weighted by Gasteiger charge is -2.14. The average Bonchev–Trinajstić information content (AvgIpc) is 2.31. The van der Waals surface area contributed by atoms with Crippen LogP contribution < -0.4 is 10.5 Å². The summed E-state index contributed by atoms with van der Waals surface area (Å²) in [5.74, 6) is 0.189. The van der Waals surface area contributed by atoms with Crippen molar-refractivity contribution in [2.24, 2.45) is 5.73 Å². The minimum atomic E-state index is -0.440. The highest BCUT2D eigenvalue weighted by atomic mass is 35.5. The van der Waals surface area contributed by atoms with Crippen molar-refractivity contribution in [2.75, 3.05) is 0 Å². The summed E-state index contributed by atoms with van der Waals surface area (Å²) in [5, 5.41) is 0.534. The summed E-state index contributed by atoms with van der Waals surface area (Å²) in [5.41, 5.74) is 6.41. The maximum absolute atomic E-state index is 13.8. The largest absolute Gasteiger partial charge is 0.454 e. The molecule has 4 heteroatoms. The molecule has 2 N–H and O–H groups in total. The van der Waals surface area contributed by atoms with Gasteiger partial charge in [0.15, 0.2) is 11.6 Å². The van der Waals surface area contributed by atoms with Crippen molar-refractivity contribution < 1.29 is 9.13 Å². The van der Waals surface area contributed by atoms with Crippen molar-refractivity contribution in [3.05, 3.63) is 58.9 Å². The minimum absolute atomic E-state index is 0.148. The first-order chi connectivity index (χ1) is 8.58. The minimum Gasteiger partial charge on any atom is -0.454 e. The van der Waals surface area contributed by atoms with Crippen LogP contribution in [0.2, 0.25) is 5.02 Å². The van der Waals surface area contributed by atoms with Crippen LogP contribution in [0.1, 0.15) is 18.5 Å². The zero-order valence-corrected chi connectivity index (χ0v) is 10.6. The van der Waals surface area contributed by atoms with Crippen LogP contribution in [-0.4, -0.2) is 0 Å². The normalized spacial score (nSPS) is 12.2. The molecule has 0 saturated heterocycles. The number of halogens is 2. The first-order valence-corrected chi connectivity index (χ1v) is 5.93. The lowest BCUT2D eigenvalue weighted by Crippen LogP contribution is -2.07. The fourth-order valence-corrected chi connectivity index (χ4v) is 1.82. The molecule has 0 amide bonds. The van der Waals surface area contributed by atoms with Gasteiger partial charge in [-0.25, -0.2) is 4.39 Å². The van der Waals surface area contributed by atoms with Crippen LogP contribution in [0, 0.1) is 5.82 Å². The molecule has 0 fully saturated rings. The monoisotopic (exact) mass is 265 g/mol. The van der Waals surface area contributed by atoms with E-state index in [0.29, 0.717) is 16.3 Å². The van der Waals surface area contributed by atoms with Gasteiger partial charge in [0, 0.05) is 16.6 Å². The zero-order valence-electron chi connectivity index (χ0n) is 9.86. The summed E-state index contributed by atoms with van der Waals surface area (Å²) in [7, 11) is 0. The number of ether oxygens (including phenoxy) is 1. The number of benzene rings is 2. The first kappa shape index (κ1) is 12.9. The first-order valence-electron chi connectivity index (χ1n) is 5.55. The van der Waals surface area contributed by atoms with Gasteiger partial charge in [-0.3, -0.25) is 0 Å². The molecule has 0 heterocycles. The second-order valence-electron chi connectivity index (χ2n) is 4.01. The van der Waals surface area contributed by atoms with Gasteiger partial charge in [0.05, 0.1) is 0 Å². The number of nitrogens with two attached hydrogens (primary N) is 1. The maximum Gasteiger partial charge on any atom is 0.167 e. The molecule has 2 aromatic rings. The second kappa shape index (κ2) is 5.38. The van der Waals surface area contributed by atoms with E-state index in [0.717, 1.165) is 0 Å². The Labute approximate surface area is 110 Å². The Morgan fingerprint density at radius 2 is 1.94 bits per heavy atom. The van der Waals surface area contributed by atoms with E-state index in [1.165, 1.54) is 6.07 Å². The molecule has 0 aliphatic heterocycles.